The first-order chi connectivity index (χ1) is 40.0. The number of aryl methyl sites for hydroxylation is 1. The number of anilines is 2. The van der Waals surface area contributed by atoms with E-state index in [-0.39, 0.29) is 86.8 Å². The predicted molar refractivity (Wildman–Crippen MR) is 331 cm³/mol. The maximum atomic E-state index is 15.1. The summed E-state index contributed by atoms with van der Waals surface area (Å²) in [5, 5.41) is 2.11. The molecule has 4 unspecified atom stereocenters. The van der Waals surface area contributed by atoms with E-state index >= 15 is 4.39 Å². The average Bonchev–Trinajstić information content (AvgIpc) is 1.55. The molecular formula is C64H74Cl2FN13O4. The SMILES string of the molecule is C=CC(=O)N1CC(C)N(c2nc(=O)n(-c3c(C)ccnc3C(C)C)c3nc(C45CCCCC4C5)c(Cl)cc23)CC1C.C=CC(=O)N1C[C@@H](C)N(c2nc(=O)n(-c3c(C(C)C)ncnc3C(C)C)c3nc(-c4ccccc4F)c(Cl)cc23)[C@@H](C)C1. The van der Waals surface area contributed by atoms with Gasteiger partial charge in [0.05, 0.1) is 60.7 Å². The smallest absolute Gasteiger partial charge is 0.349 e. The van der Waals surface area contributed by atoms with E-state index in [1.807, 2.05) is 77.3 Å². The third kappa shape index (κ3) is 10.7. The Morgan fingerprint density at radius 1 is 0.690 bits per heavy atom. The summed E-state index contributed by atoms with van der Waals surface area (Å²) in [7, 11) is 0. The molecule has 6 aromatic heterocycles. The molecule has 11 rings (SSSR count). The second-order valence-electron chi connectivity index (χ2n) is 24.2. The van der Waals surface area contributed by atoms with E-state index in [2.05, 4.69) is 58.8 Å². The molecule has 0 radical (unpaired) electrons. The van der Waals surface area contributed by atoms with Gasteiger partial charge in [0.15, 0.2) is 11.3 Å². The minimum Gasteiger partial charge on any atom is -0.349 e. The molecule has 2 aliphatic heterocycles. The van der Waals surface area contributed by atoms with Crippen molar-refractivity contribution in [1.29, 1.82) is 0 Å². The van der Waals surface area contributed by atoms with Gasteiger partial charge in [0.25, 0.3) is 0 Å². The summed E-state index contributed by atoms with van der Waals surface area (Å²) in [5.74, 6) is 0.819. The number of rotatable bonds is 11. The second kappa shape index (κ2) is 23.5. The molecule has 84 heavy (non-hydrogen) atoms. The van der Waals surface area contributed by atoms with Gasteiger partial charge >= 0.3 is 11.4 Å². The molecule has 17 nitrogen and oxygen atoms in total. The summed E-state index contributed by atoms with van der Waals surface area (Å²) in [5.41, 5.74) is 5.57. The number of pyridine rings is 3. The van der Waals surface area contributed by atoms with Crippen molar-refractivity contribution in [2.45, 2.75) is 156 Å². The fourth-order valence-corrected chi connectivity index (χ4v) is 13.8. The van der Waals surface area contributed by atoms with E-state index in [1.165, 1.54) is 48.4 Å². The monoisotopic (exact) mass is 1180 g/mol. The summed E-state index contributed by atoms with van der Waals surface area (Å²) >= 11 is 13.9. The molecular weight excluding hydrogens is 1100 g/mol. The highest BCUT2D eigenvalue weighted by atomic mass is 35.5. The summed E-state index contributed by atoms with van der Waals surface area (Å²) in [6.45, 7) is 31.3. The van der Waals surface area contributed by atoms with Gasteiger partial charge in [0.2, 0.25) is 11.8 Å². The predicted octanol–water partition coefficient (Wildman–Crippen LogP) is 11.6. The van der Waals surface area contributed by atoms with Gasteiger partial charge in [0, 0.05) is 67.5 Å². The first-order valence-corrected chi connectivity index (χ1v) is 30.0. The number of piperazine rings is 2. The molecule has 20 heteroatoms. The minimum absolute atomic E-state index is 0.00280. The Morgan fingerprint density at radius 3 is 1.89 bits per heavy atom. The topological polar surface area (TPSA) is 181 Å². The molecule has 0 bridgehead atoms. The van der Waals surface area contributed by atoms with Gasteiger partial charge in [-0.05, 0) is 126 Å². The van der Waals surface area contributed by atoms with Crippen LogP contribution in [-0.4, -0.2) is 116 Å². The molecule has 2 aliphatic carbocycles. The zero-order valence-electron chi connectivity index (χ0n) is 49.8. The van der Waals surface area contributed by atoms with Crippen LogP contribution < -0.4 is 21.2 Å². The highest BCUT2D eigenvalue weighted by Gasteiger charge is 2.58. The van der Waals surface area contributed by atoms with E-state index in [0.717, 1.165) is 40.9 Å². The number of nitrogens with zero attached hydrogens (tertiary/aromatic N) is 13. The number of benzene rings is 1. The van der Waals surface area contributed by atoms with Crippen molar-refractivity contribution >= 4 is 68.7 Å². The highest BCUT2D eigenvalue weighted by molar-refractivity contribution is 6.34. The zero-order valence-corrected chi connectivity index (χ0v) is 51.3. The molecule has 2 saturated heterocycles. The van der Waals surface area contributed by atoms with Crippen LogP contribution in [0, 0.1) is 18.7 Å². The number of halogens is 3. The molecule has 1 aromatic carbocycles. The molecule has 2 saturated carbocycles. The molecule has 4 aliphatic rings. The average molecular weight is 1180 g/mol. The van der Waals surface area contributed by atoms with Crippen LogP contribution in [0.4, 0.5) is 16.0 Å². The lowest BCUT2D eigenvalue weighted by Gasteiger charge is -2.45. The standard InChI is InChI=1S/C32H35ClFN7O2.C32H39ClN6O2/c1-8-25(42)39-14-19(6)40(20(7)15-39)31-22-13-23(33)28(21-11-9-10-12-24(21)34)37-30(22)41(32(43)38-31)29-26(17(2)3)35-16-36-27(29)18(4)5;1-7-25(40)37-16-21(6)38(17-20(37)5)29-23-14-24(33)28(32-12-9-8-10-22(32)15-32)35-30(23)39(31(41)36-29)27-19(4)11-13-34-26(27)18(2)3/h8-13,16-20H,1,14-15H2,2-7H3;7,11,13-14,18,20-22H,1,8-10,12,15-17H2,2-6H3/t19-,20+;. The minimum atomic E-state index is -0.570. The summed E-state index contributed by atoms with van der Waals surface area (Å²) in [6.07, 6.45) is 11.8. The van der Waals surface area contributed by atoms with Crippen LogP contribution in [0.15, 0.2) is 89.9 Å². The summed E-state index contributed by atoms with van der Waals surface area (Å²) in [4.78, 5) is 94.4. The first-order valence-electron chi connectivity index (χ1n) is 29.2. The maximum absolute atomic E-state index is 15.1. The summed E-state index contributed by atoms with van der Waals surface area (Å²) in [6, 6.07) is 11.3. The van der Waals surface area contributed by atoms with Gasteiger partial charge in [-0.3, -0.25) is 14.6 Å². The van der Waals surface area contributed by atoms with E-state index in [4.69, 9.17) is 38.2 Å². The molecule has 7 aromatic rings. The third-order valence-corrected chi connectivity index (χ3v) is 17.9. The lowest BCUT2D eigenvalue weighted by Crippen LogP contribution is -2.58. The number of hydrogen-bond donors (Lipinski definition) is 0. The zero-order chi connectivity index (χ0) is 60.4. The van der Waals surface area contributed by atoms with Crippen LogP contribution in [0.1, 0.15) is 147 Å². The number of carbonyl (C=O) groups excluding carboxylic acids is 2. The van der Waals surface area contributed by atoms with Gasteiger partial charge in [-0.25, -0.2) is 43.0 Å². The van der Waals surface area contributed by atoms with Crippen molar-refractivity contribution in [2.75, 3.05) is 36.0 Å². The van der Waals surface area contributed by atoms with Crippen LogP contribution in [0.5, 0.6) is 0 Å². The Hall–Kier alpha value is -7.44. The largest absolute Gasteiger partial charge is 0.355 e. The molecule has 2 amide bonds. The van der Waals surface area contributed by atoms with Crippen molar-refractivity contribution in [1.82, 2.24) is 53.8 Å². The Kier molecular flexibility index (Phi) is 16.7. The van der Waals surface area contributed by atoms with Crippen LogP contribution >= 0.6 is 23.2 Å². The van der Waals surface area contributed by atoms with E-state index in [0.29, 0.717) is 76.9 Å². The van der Waals surface area contributed by atoms with Crippen LogP contribution in [0.3, 0.4) is 0 Å². The maximum Gasteiger partial charge on any atom is 0.355 e. The van der Waals surface area contributed by atoms with E-state index < -0.39 is 11.5 Å². The van der Waals surface area contributed by atoms with Crippen LogP contribution in [-0.2, 0) is 15.0 Å². The van der Waals surface area contributed by atoms with Crippen LogP contribution in [0.25, 0.3) is 44.7 Å². The molecule has 0 spiro atoms. The summed E-state index contributed by atoms with van der Waals surface area (Å²) < 4.78 is 18.2. The van der Waals surface area contributed by atoms with Crippen molar-refractivity contribution in [3.05, 3.63) is 145 Å². The third-order valence-electron chi connectivity index (χ3n) is 17.3. The fourth-order valence-electron chi connectivity index (χ4n) is 13.2. The Balaban J connectivity index is 0.000000187. The molecule has 6 atom stereocenters. The van der Waals surface area contributed by atoms with Gasteiger partial charge in [-0.2, -0.15) is 9.97 Å². The van der Waals surface area contributed by atoms with Crippen molar-refractivity contribution in [3.63, 3.8) is 0 Å². The van der Waals surface area contributed by atoms with E-state index in [1.54, 1.807) is 39.9 Å². The van der Waals surface area contributed by atoms with E-state index in [9.17, 15) is 19.2 Å². The Labute approximate surface area is 499 Å². The number of carbonyl (C=O) groups is 2. The fraction of sp³-hybridized carbons (Fsp3) is 0.453. The lowest BCUT2D eigenvalue weighted by atomic mass is 9.85. The number of amides is 2. The van der Waals surface area contributed by atoms with Gasteiger partial charge < -0.3 is 19.6 Å². The number of aromatic nitrogens is 9. The van der Waals surface area contributed by atoms with Gasteiger partial charge in [-0.15, -0.1) is 0 Å². The Morgan fingerprint density at radius 2 is 1.27 bits per heavy atom. The normalized spacial score (nSPS) is 21.5. The van der Waals surface area contributed by atoms with Crippen molar-refractivity contribution < 1.29 is 14.0 Å². The van der Waals surface area contributed by atoms with Crippen LogP contribution in [0.2, 0.25) is 10.0 Å². The van der Waals surface area contributed by atoms with Gasteiger partial charge in [0.1, 0.15) is 23.8 Å². The lowest BCUT2D eigenvalue weighted by molar-refractivity contribution is -0.129. The highest BCUT2D eigenvalue weighted by Crippen LogP contribution is 2.63. The van der Waals surface area contributed by atoms with Crippen molar-refractivity contribution in [3.8, 4) is 22.6 Å². The number of hydrogen-bond acceptors (Lipinski definition) is 13. The molecule has 440 valence electrons. The molecule has 4 fully saturated rings. The van der Waals surface area contributed by atoms with Crippen molar-refractivity contribution in [2.24, 2.45) is 5.92 Å². The number of fused-ring (bicyclic) bond motifs is 3. The molecule has 0 N–H and O–H groups in total. The quantitative estimate of drug-likeness (QED) is 0.112. The first kappa shape index (κ1) is 59.7. The molecule has 8 heterocycles. The second-order valence-corrected chi connectivity index (χ2v) is 25.0. The Bertz CT molecular complexity index is 3870. The van der Waals surface area contributed by atoms with Gasteiger partial charge in [-0.1, -0.05) is 103 Å².